The molecule has 170 valence electrons. The number of pyridine rings is 1. The molecule has 4 rings (SSSR count). The summed E-state index contributed by atoms with van der Waals surface area (Å²) in [6.45, 7) is 4.29. The van der Waals surface area contributed by atoms with Crippen molar-refractivity contribution in [3.05, 3.63) is 59.7 Å². The second-order valence-corrected chi connectivity index (χ2v) is 8.44. The zero-order valence-electron chi connectivity index (χ0n) is 18.4. The Morgan fingerprint density at radius 3 is 2.38 bits per heavy atom. The van der Waals surface area contributed by atoms with Gasteiger partial charge in [-0.1, -0.05) is 12.1 Å². The number of piperidine rings is 1. The van der Waals surface area contributed by atoms with Gasteiger partial charge in [0.25, 0.3) is 11.8 Å². The number of likely N-dealkylation sites (N-methyl/N-ethyl adjacent to an activating group) is 1. The Morgan fingerprint density at radius 1 is 1.00 bits per heavy atom. The minimum atomic E-state index is -0.473. The molecule has 2 fully saturated rings. The van der Waals surface area contributed by atoms with E-state index in [0.717, 1.165) is 44.7 Å². The number of nitrogens with zero attached hydrogens (tertiary/aromatic N) is 4. The molecule has 1 aromatic heterocycles. The van der Waals surface area contributed by atoms with Crippen molar-refractivity contribution >= 4 is 11.8 Å². The van der Waals surface area contributed by atoms with Gasteiger partial charge in [0.1, 0.15) is 0 Å². The maximum absolute atomic E-state index is 13.6. The van der Waals surface area contributed by atoms with Gasteiger partial charge >= 0.3 is 0 Å². The molecule has 32 heavy (non-hydrogen) atoms. The molecule has 2 aliphatic rings. The fraction of sp³-hybridized carbons (Fsp3) is 0.458. The molecule has 0 unspecified atom stereocenters. The van der Waals surface area contributed by atoms with E-state index in [-0.39, 0.29) is 30.1 Å². The van der Waals surface area contributed by atoms with Crippen molar-refractivity contribution in [1.82, 2.24) is 19.7 Å². The Labute approximate surface area is 187 Å². The van der Waals surface area contributed by atoms with Gasteiger partial charge in [-0.05, 0) is 44.2 Å². The molecule has 0 aliphatic carbocycles. The van der Waals surface area contributed by atoms with Crippen molar-refractivity contribution in [2.45, 2.75) is 18.8 Å². The van der Waals surface area contributed by atoms with Gasteiger partial charge in [0, 0.05) is 57.1 Å². The molecule has 0 spiro atoms. The van der Waals surface area contributed by atoms with Crippen LogP contribution in [0, 0.1) is 5.82 Å². The molecule has 0 N–H and O–H groups in total. The Bertz CT molecular complexity index is 937. The summed E-state index contributed by atoms with van der Waals surface area (Å²) in [5.74, 6) is -0.245. The maximum atomic E-state index is 13.6. The number of likely N-dealkylation sites (tertiary alicyclic amines) is 1. The molecular formula is C24H29FN4O3. The first-order valence-electron chi connectivity index (χ1n) is 11.1. The van der Waals surface area contributed by atoms with Crippen LogP contribution in [0.4, 0.5) is 4.39 Å². The van der Waals surface area contributed by atoms with E-state index in [1.807, 2.05) is 17.0 Å². The van der Waals surface area contributed by atoms with Gasteiger partial charge in [0.15, 0.2) is 18.2 Å². The second kappa shape index (κ2) is 10.1. The van der Waals surface area contributed by atoms with Crippen LogP contribution in [-0.2, 0) is 4.79 Å². The van der Waals surface area contributed by atoms with Gasteiger partial charge in [0.05, 0.1) is 5.56 Å². The highest BCUT2D eigenvalue weighted by Gasteiger charge is 2.26. The van der Waals surface area contributed by atoms with Crippen molar-refractivity contribution in [3.8, 4) is 5.75 Å². The molecule has 1 aromatic carbocycles. The van der Waals surface area contributed by atoms with E-state index in [4.69, 9.17) is 4.74 Å². The molecular weight excluding hydrogens is 411 g/mol. The van der Waals surface area contributed by atoms with Crippen LogP contribution >= 0.6 is 0 Å². The summed E-state index contributed by atoms with van der Waals surface area (Å²) in [5.41, 5.74) is 1.57. The standard InChI is InChI=1S/C24H29FN4O3/c1-27-12-14-29(15-13-27)24(31)19-6-7-21(26-16-19)18-8-10-28(11-9-18)23(30)17-32-22-5-3-2-4-20(22)25/h2-7,16,18H,8-15,17H2,1H3. The number of hydrogen-bond acceptors (Lipinski definition) is 5. The molecule has 2 saturated heterocycles. The van der Waals surface area contributed by atoms with E-state index in [9.17, 15) is 14.0 Å². The van der Waals surface area contributed by atoms with E-state index in [2.05, 4.69) is 16.9 Å². The smallest absolute Gasteiger partial charge is 0.260 e. The van der Waals surface area contributed by atoms with Crippen LogP contribution in [0.2, 0.25) is 0 Å². The van der Waals surface area contributed by atoms with Crippen LogP contribution < -0.4 is 4.74 Å². The summed E-state index contributed by atoms with van der Waals surface area (Å²) < 4.78 is 19.0. The van der Waals surface area contributed by atoms with Gasteiger partial charge in [-0.3, -0.25) is 14.6 Å². The third-order valence-corrected chi connectivity index (χ3v) is 6.28. The van der Waals surface area contributed by atoms with Crippen molar-refractivity contribution in [2.24, 2.45) is 0 Å². The average molecular weight is 441 g/mol. The Hall–Kier alpha value is -3.00. The van der Waals surface area contributed by atoms with E-state index < -0.39 is 5.82 Å². The lowest BCUT2D eigenvalue weighted by Gasteiger charge is -2.33. The number of benzene rings is 1. The Kier molecular flexibility index (Phi) is 6.99. The highest BCUT2D eigenvalue weighted by molar-refractivity contribution is 5.94. The first-order valence-corrected chi connectivity index (χ1v) is 11.1. The monoisotopic (exact) mass is 440 g/mol. The van der Waals surface area contributed by atoms with Crippen molar-refractivity contribution in [2.75, 3.05) is 52.9 Å². The number of aromatic nitrogens is 1. The summed E-state index contributed by atoms with van der Waals surface area (Å²) in [7, 11) is 2.06. The summed E-state index contributed by atoms with van der Waals surface area (Å²) in [5, 5.41) is 0. The number of piperazine rings is 1. The highest BCUT2D eigenvalue weighted by atomic mass is 19.1. The van der Waals surface area contributed by atoms with Crippen molar-refractivity contribution in [3.63, 3.8) is 0 Å². The SMILES string of the molecule is CN1CCN(C(=O)c2ccc(C3CCN(C(=O)COc4ccccc4F)CC3)nc2)CC1. The molecule has 0 bridgehead atoms. The summed E-state index contributed by atoms with van der Waals surface area (Å²) in [4.78, 5) is 35.5. The molecule has 8 heteroatoms. The number of carbonyl (C=O) groups is 2. The van der Waals surface area contributed by atoms with Crippen LogP contribution in [-0.4, -0.2) is 84.4 Å². The van der Waals surface area contributed by atoms with E-state index in [1.165, 1.54) is 12.1 Å². The van der Waals surface area contributed by atoms with Crippen molar-refractivity contribution < 1.29 is 18.7 Å². The second-order valence-electron chi connectivity index (χ2n) is 8.44. The zero-order valence-corrected chi connectivity index (χ0v) is 18.4. The normalized spacial score (nSPS) is 17.9. The van der Waals surface area contributed by atoms with Crippen LogP contribution in [0.1, 0.15) is 34.8 Å². The van der Waals surface area contributed by atoms with Gasteiger partial charge in [0.2, 0.25) is 0 Å². The van der Waals surface area contributed by atoms with E-state index in [1.54, 1.807) is 23.2 Å². The van der Waals surface area contributed by atoms with Crippen LogP contribution in [0.3, 0.4) is 0 Å². The number of ether oxygens (including phenoxy) is 1. The molecule has 2 aromatic rings. The topological polar surface area (TPSA) is 66.0 Å². The van der Waals surface area contributed by atoms with Crippen molar-refractivity contribution in [1.29, 1.82) is 0 Å². The maximum Gasteiger partial charge on any atom is 0.260 e. The number of amides is 2. The van der Waals surface area contributed by atoms with Crippen LogP contribution in [0.15, 0.2) is 42.6 Å². The predicted molar refractivity (Wildman–Crippen MR) is 118 cm³/mol. The summed E-state index contributed by atoms with van der Waals surface area (Å²) in [6, 6.07) is 9.87. The molecule has 2 aliphatic heterocycles. The first kappa shape index (κ1) is 22.2. The van der Waals surface area contributed by atoms with Crippen LogP contribution in [0.5, 0.6) is 5.75 Å². The zero-order chi connectivity index (χ0) is 22.5. The van der Waals surface area contributed by atoms with Gasteiger partial charge < -0.3 is 19.4 Å². The van der Waals surface area contributed by atoms with E-state index >= 15 is 0 Å². The fourth-order valence-corrected chi connectivity index (χ4v) is 4.18. The number of rotatable bonds is 5. The molecule has 0 saturated carbocycles. The Balaban J connectivity index is 1.26. The summed E-state index contributed by atoms with van der Waals surface area (Å²) in [6.07, 6.45) is 3.27. The van der Waals surface area contributed by atoms with Crippen LogP contribution in [0.25, 0.3) is 0 Å². The van der Waals surface area contributed by atoms with E-state index in [0.29, 0.717) is 18.7 Å². The molecule has 3 heterocycles. The number of hydrogen-bond donors (Lipinski definition) is 0. The third-order valence-electron chi connectivity index (χ3n) is 6.28. The third kappa shape index (κ3) is 5.24. The molecule has 7 nitrogen and oxygen atoms in total. The quantitative estimate of drug-likeness (QED) is 0.714. The first-order chi connectivity index (χ1) is 15.5. The molecule has 0 atom stereocenters. The number of para-hydroxylation sites is 1. The summed E-state index contributed by atoms with van der Waals surface area (Å²) >= 11 is 0. The Morgan fingerprint density at radius 2 is 1.72 bits per heavy atom. The lowest BCUT2D eigenvalue weighted by Crippen LogP contribution is -2.47. The van der Waals surface area contributed by atoms with Gasteiger partial charge in [-0.15, -0.1) is 0 Å². The average Bonchev–Trinajstić information content (AvgIpc) is 2.83. The van der Waals surface area contributed by atoms with Gasteiger partial charge in [-0.25, -0.2) is 4.39 Å². The lowest BCUT2D eigenvalue weighted by atomic mass is 9.92. The van der Waals surface area contributed by atoms with Gasteiger partial charge in [-0.2, -0.15) is 0 Å². The molecule has 2 amide bonds. The fourth-order valence-electron chi connectivity index (χ4n) is 4.18. The highest BCUT2D eigenvalue weighted by Crippen LogP contribution is 2.27. The lowest BCUT2D eigenvalue weighted by molar-refractivity contribution is -0.134. The minimum absolute atomic E-state index is 0.0346. The number of carbonyl (C=O) groups excluding carboxylic acids is 2. The predicted octanol–water partition coefficient (Wildman–Crippen LogP) is 2.39. The molecule has 0 radical (unpaired) electrons. The number of halogens is 1. The minimum Gasteiger partial charge on any atom is -0.481 e. The largest absolute Gasteiger partial charge is 0.481 e.